The molecule has 1 aliphatic rings. The van der Waals surface area contributed by atoms with Gasteiger partial charge in [-0.05, 0) is 74.9 Å². The molecule has 0 N–H and O–H groups in total. The van der Waals surface area contributed by atoms with Crippen molar-refractivity contribution in [3.05, 3.63) is 43.0 Å². The van der Waals surface area contributed by atoms with E-state index in [0.29, 0.717) is 34.6 Å². The standard InChI is InChI=1S/C36H45Br2N3O2S3/c1-3-5-7-9-11-12-14-16-18-24(17-15-13-10-8-6-4-2)23-41-35(42)31-29(25-19-21-27(37)44-25)33-34(40-46-39-33)30(32(31)36(41)43)26-20-22-28(38)45-26/h19-22,24H,3-18,23H2,1-2H3. The molecule has 46 heavy (non-hydrogen) atoms. The number of carbonyl (C=O) groups excluding carboxylic acids is 2. The molecule has 5 rings (SSSR count). The summed E-state index contributed by atoms with van der Waals surface area (Å²) in [5.74, 6) is -0.0609. The topological polar surface area (TPSA) is 63.2 Å². The lowest BCUT2D eigenvalue weighted by Gasteiger charge is -2.23. The number of benzene rings is 1. The van der Waals surface area contributed by atoms with E-state index in [1.165, 1.54) is 77.0 Å². The van der Waals surface area contributed by atoms with Crippen molar-refractivity contribution in [2.75, 3.05) is 6.54 Å². The second-order valence-corrected chi connectivity index (χ2v) is 18.0. The van der Waals surface area contributed by atoms with Crippen molar-refractivity contribution >= 4 is 89.1 Å². The van der Waals surface area contributed by atoms with Gasteiger partial charge in [-0.25, -0.2) is 0 Å². The number of thiophene rings is 2. The molecular weight excluding hydrogens is 762 g/mol. The van der Waals surface area contributed by atoms with Crippen LogP contribution in [0.4, 0.5) is 0 Å². The number of imide groups is 1. The first kappa shape index (κ1) is 35.8. The van der Waals surface area contributed by atoms with Gasteiger partial charge in [0.25, 0.3) is 11.8 Å². The van der Waals surface area contributed by atoms with Crippen molar-refractivity contribution in [2.45, 2.75) is 117 Å². The Morgan fingerprint density at radius 3 is 1.41 bits per heavy atom. The molecule has 2 amide bonds. The smallest absolute Gasteiger partial charge is 0.262 e. The van der Waals surface area contributed by atoms with E-state index in [2.05, 4.69) is 45.7 Å². The fourth-order valence-corrected chi connectivity index (χ4v) is 10.1. The number of fused-ring (bicyclic) bond motifs is 2. The van der Waals surface area contributed by atoms with Gasteiger partial charge in [-0.1, -0.05) is 104 Å². The van der Waals surface area contributed by atoms with Gasteiger partial charge in [0.2, 0.25) is 0 Å². The van der Waals surface area contributed by atoms with Crippen molar-refractivity contribution in [3.8, 4) is 20.9 Å². The fourth-order valence-electron chi connectivity index (χ4n) is 6.70. The summed E-state index contributed by atoms with van der Waals surface area (Å²) in [6.45, 7) is 4.99. The van der Waals surface area contributed by atoms with Crippen LogP contribution >= 0.6 is 66.3 Å². The average molecular weight is 808 g/mol. The number of carbonyl (C=O) groups is 2. The van der Waals surface area contributed by atoms with E-state index in [0.717, 1.165) is 65.9 Å². The molecule has 4 aromatic rings. The Morgan fingerprint density at radius 1 is 0.609 bits per heavy atom. The highest BCUT2D eigenvalue weighted by Crippen LogP contribution is 2.48. The predicted molar refractivity (Wildman–Crippen MR) is 204 cm³/mol. The molecular formula is C36H45Br2N3O2S3. The molecule has 4 heterocycles. The molecule has 1 aliphatic heterocycles. The van der Waals surface area contributed by atoms with Crippen molar-refractivity contribution < 1.29 is 9.59 Å². The minimum atomic E-state index is -0.185. The molecule has 1 aromatic carbocycles. The van der Waals surface area contributed by atoms with E-state index in [4.69, 9.17) is 8.75 Å². The zero-order chi connectivity index (χ0) is 32.5. The molecule has 3 aromatic heterocycles. The maximum Gasteiger partial charge on any atom is 0.262 e. The molecule has 5 nitrogen and oxygen atoms in total. The molecule has 248 valence electrons. The van der Waals surface area contributed by atoms with E-state index in [1.807, 2.05) is 24.3 Å². The van der Waals surface area contributed by atoms with Gasteiger partial charge >= 0.3 is 0 Å². The Kier molecular flexibility index (Phi) is 13.9. The number of hydrogen-bond acceptors (Lipinski definition) is 7. The predicted octanol–water partition coefficient (Wildman–Crippen LogP) is 13.2. The highest BCUT2D eigenvalue weighted by molar-refractivity contribution is 9.11. The van der Waals surface area contributed by atoms with E-state index in [1.54, 1.807) is 27.6 Å². The summed E-state index contributed by atoms with van der Waals surface area (Å²) in [4.78, 5) is 32.4. The number of halogens is 2. The van der Waals surface area contributed by atoms with Crippen molar-refractivity contribution in [2.24, 2.45) is 5.92 Å². The largest absolute Gasteiger partial charge is 0.274 e. The van der Waals surface area contributed by atoms with Crippen LogP contribution < -0.4 is 0 Å². The van der Waals surface area contributed by atoms with Gasteiger partial charge < -0.3 is 0 Å². The monoisotopic (exact) mass is 805 g/mol. The molecule has 0 saturated heterocycles. The lowest BCUT2D eigenvalue weighted by Crippen LogP contribution is -2.34. The number of hydrogen-bond donors (Lipinski definition) is 0. The van der Waals surface area contributed by atoms with Crippen LogP contribution in [0.3, 0.4) is 0 Å². The number of unbranched alkanes of at least 4 members (excludes halogenated alkanes) is 12. The van der Waals surface area contributed by atoms with Gasteiger partial charge in [0.15, 0.2) is 0 Å². The second kappa shape index (κ2) is 17.8. The van der Waals surface area contributed by atoms with Crippen molar-refractivity contribution in [3.63, 3.8) is 0 Å². The zero-order valence-electron chi connectivity index (χ0n) is 27.0. The Hall–Kier alpha value is -1.46. The first-order valence-electron chi connectivity index (χ1n) is 17.1. The Labute approximate surface area is 303 Å². The third-order valence-corrected chi connectivity index (χ3v) is 13.0. The van der Waals surface area contributed by atoms with Crippen LogP contribution in [0.5, 0.6) is 0 Å². The van der Waals surface area contributed by atoms with Crippen molar-refractivity contribution in [1.29, 1.82) is 0 Å². The van der Waals surface area contributed by atoms with Crippen LogP contribution in [0.1, 0.15) is 137 Å². The Balaban J connectivity index is 1.42. The van der Waals surface area contributed by atoms with E-state index in [-0.39, 0.29) is 11.8 Å². The zero-order valence-corrected chi connectivity index (χ0v) is 32.7. The summed E-state index contributed by atoms with van der Waals surface area (Å²) >= 11 is 11.5. The summed E-state index contributed by atoms with van der Waals surface area (Å²) in [5, 5.41) is 0. The number of nitrogens with zero attached hydrogens (tertiary/aromatic N) is 3. The van der Waals surface area contributed by atoms with E-state index in [9.17, 15) is 9.59 Å². The Morgan fingerprint density at radius 2 is 1.02 bits per heavy atom. The number of aromatic nitrogens is 2. The van der Waals surface area contributed by atoms with Gasteiger partial charge in [0.05, 0.1) is 30.4 Å². The molecule has 0 bridgehead atoms. The van der Waals surface area contributed by atoms with Crippen LogP contribution in [-0.2, 0) is 0 Å². The normalized spacial score (nSPS) is 13.8. The molecule has 1 atom stereocenters. The summed E-state index contributed by atoms with van der Waals surface area (Å²) in [6.07, 6.45) is 19.8. The maximum absolute atomic E-state index is 14.5. The van der Waals surface area contributed by atoms with Crippen LogP contribution in [0.25, 0.3) is 31.9 Å². The highest BCUT2D eigenvalue weighted by atomic mass is 79.9. The molecule has 1 unspecified atom stereocenters. The SMILES string of the molecule is CCCCCCCCCCC(CCCCCCCC)CN1C(=O)c2c(c(-c3ccc(Br)s3)c3nsnc3c2-c2ccc(Br)s2)C1=O. The molecule has 10 heteroatoms. The highest BCUT2D eigenvalue weighted by Gasteiger charge is 2.43. The van der Waals surface area contributed by atoms with Crippen LogP contribution in [0.15, 0.2) is 31.8 Å². The van der Waals surface area contributed by atoms with Gasteiger partial charge in [0, 0.05) is 27.4 Å². The lowest BCUT2D eigenvalue weighted by atomic mass is 9.93. The van der Waals surface area contributed by atoms with Crippen LogP contribution in [-0.4, -0.2) is 32.0 Å². The Bertz CT molecular complexity index is 1520. The minimum absolute atomic E-state index is 0.185. The lowest BCUT2D eigenvalue weighted by molar-refractivity contribution is 0.0622. The minimum Gasteiger partial charge on any atom is -0.274 e. The quantitative estimate of drug-likeness (QED) is 0.0659. The van der Waals surface area contributed by atoms with Crippen molar-refractivity contribution in [1.82, 2.24) is 13.6 Å². The van der Waals surface area contributed by atoms with Crippen LogP contribution in [0, 0.1) is 5.92 Å². The first-order chi connectivity index (χ1) is 22.4. The van der Waals surface area contributed by atoms with Gasteiger partial charge in [-0.3, -0.25) is 14.5 Å². The summed E-state index contributed by atoms with van der Waals surface area (Å²) < 4.78 is 11.3. The van der Waals surface area contributed by atoms with E-state index < -0.39 is 0 Å². The summed E-state index contributed by atoms with van der Waals surface area (Å²) in [6, 6.07) is 7.99. The molecule has 0 aliphatic carbocycles. The van der Waals surface area contributed by atoms with E-state index >= 15 is 0 Å². The summed E-state index contributed by atoms with van der Waals surface area (Å²) in [5.41, 5.74) is 3.86. The third-order valence-electron chi connectivity index (χ3n) is 9.14. The van der Waals surface area contributed by atoms with Crippen LogP contribution in [0.2, 0.25) is 0 Å². The van der Waals surface area contributed by atoms with Gasteiger partial charge in [0.1, 0.15) is 11.0 Å². The van der Waals surface area contributed by atoms with Gasteiger partial charge in [-0.15, -0.1) is 22.7 Å². The second-order valence-electron chi connectivity index (χ2n) is 12.6. The number of rotatable bonds is 20. The molecule has 0 saturated carbocycles. The third kappa shape index (κ3) is 8.57. The first-order valence-corrected chi connectivity index (χ1v) is 21.1. The molecule has 0 spiro atoms. The molecule has 0 fully saturated rings. The maximum atomic E-state index is 14.5. The average Bonchev–Trinajstić information content (AvgIpc) is 3.85. The summed E-state index contributed by atoms with van der Waals surface area (Å²) in [7, 11) is 0. The fraction of sp³-hybridized carbons (Fsp3) is 0.556. The number of amides is 2. The molecule has 0 radical (unpaired) electrons. The van der Waals surface area contributed by atoms with Gasteiger partial charge in [-0.2, -0.15) is 8.75 Å².